The van der Waals surface area contributed by atoms with Gasteiger partial charge < -0.3 is 44.5 Å². The molecule has 4 aliphatic rings. The number of ether oxygens (including phenoxy) is 5. The molecule has 1 heterocycles. The Hall–Kier alpha value is -4.56. The van der Waals surface area contributed by atoms with Crippen LogP contribution in [0.1, 0.15) is 97.6 Å². The molecule has 1 saturated heterocycles. The predicted octanol–water partition coefficient (Wildman–Crippen LogP) is 4.35. The van der Waals surface area contributed by atoms with Gasteiger partial charge in [-0.25, -0.2) is 4.79 Å². The summed E-state index contributed by atoms with van der Waals surface area (Å²) in [7, 11) is 0. The zero-order chi connectivity index (χ0) is 39.2. The molecule has 4 N–H and O–H groups in total. The predicted molar refractivity (Wildman–Crippen MR) is 200 cm³/mol. The van der Waals surface area contributed by atoms with Crippen LogP contribution in [0.4, 0.5) is 0 Å². The number of benzene rings is 2. The fraction of sp³-hybridized carbons (Fsp3) is 0.524. The Balaban J connectivity index is 1.09. The van der Waals surface area contributed by atoms with Crippen LogP contribution < -0.4 is 10.6 Å². The van der Waals surface area contributed by atoms with Crippen LogP contribution in [0.3, 0.4) is 0 Å². The summed E-state index contributed by atoms with van der Waals surface area (Å²) in [5.74, 6) is -1.92. The Kier molecular flexibility index (Phi) is 12.8. The van der Waals surface area contributed by atoms with Crippen LogP contribution in [0.2, 0.25) is 0 Å². The third kappa shape index (κ3) is 10.6. The highest BCUT2D eigenvalue weighted by atomic mass is 16.8. The zero-order valence-electron chi connectivity index (χ0n) is 31.7. The van der Waals surface area contributed by atoms with Crippen LogP contribution in [0, 0.1) is 11.8 Å². The van der Waals surface area contributed by atoms with Crippen molar-refractivity contribution in [2.75, 3.05) is 19.8 Å². The summed E-state index contributed by atoms with van der Waals surface area (Å²) >= 11 is 0. The van der Waals surface area contributed by atoms with Crippen molar-refractivity contribution in [1.29, 1.82) is 0 Å². The molecule has 3 fully saturated rings. The third-order valence-electron chi connectivity index (χ3n) is 9.99. The van der Waals surface area contributed by atoms with E-state index in [1.54, 1.807) is 81.5 Å². The van der Waals surface area contributed by atoms with Gasteiger partial charge in [0.2, 0.25) is 5.91 Å². The quantitative estimate of drug-likeness (QED) is 0.102. The fourth-order valence-corrected chi connectivity index (χ4v) is 7.03. The Morgan fingerprint density at radius 3 is 2.35 bits per heavy atom. The van der Waals surface area contributed by atoms with Gasteiger partial charge in [-0.1, -0.05) is 24.3 Å². The van der Waals surface area contributed by atoms with Crippen molar-refractivity contribution < 1.29 is 53.1 Å². The van der Waals surface area contributed by atoms with Crippen molar-refractivity contribution in [3.05, 3.63) is 88.7 Å². The highest BCUT2D eigenvalue weighted by molar-refractivity contribution is 5.95. The first-order chi connectivity index (χ1) is 26.4. The van der Waals surface area contributed by atoms with E-state index in [2.05, 4.69) is 10.6 Å². The van der Waals surface area contributed by atoms with Crippen LogP contribution in [-0.4, -0.2) is 89.5 Å². The molecule has 2 amide bonds. The number of aliphatic hydroxyl groups is 2. The number of esters is 2. The number of amides is 2. The normalized spacial score (nSPS) is 22.3. The molecule has 0 aromatic heterocycles. The van der Waals surface area contributed by atoms with Crippen LogP contribution >= 0.6 is 0 Å². The lowest BCUT2D eigenvalue weighted by molar-refractivity contribution is -0.209. The highest BCUT2D eigenvalue weighted by Crippen LogP contribution is 2.59. The summed E-state index contributed by atoms with van der Waals surface area (Å²) in [6.07, 6.45) is 7.52. The molecule has 13 heteroatoms. The van der Waals surface area contributed by atoms with Crippen LogP contribution in [0.15, 0.2) is 66.4 Å². The van der Waals surface area contributed by atoms with Crippen molar-refractivity contribution in [2.24, 2.45) is 11.8 Å². The summed E-state index contributed by atoms with van der Waals surface area (Å²) in [6.45, 7) is 5.20. The smallest absolute Gasteiger partial charge is 0.338 e. The van der Waals surface area contributed by atoms with E-state index in [0.717, 1.165) is 31.2 Å². The van der Waals surface area contributed by atoms with E-state index in [0.29, 0.717) is 22.3 Å². The second kappa shape index (κ2) is 17.5. The van der Waals surface area contributed by atoms with E-state index in [-0.39, 0.29) is 63.4 Å². The molecule has 13 nitrogen and oxygen atoms in total. The molecule has 0 bridgehead atoms. The number of rotatable bonds is 17. The molecule has 3 aliphatic carbocycles. The summed E-state index contributed by atoms with van der Waals surface area (Å²) < 4.78 is 30.0. The van der Waals surface area contributed by atoms with Crippen molar-refractivity contribution in [2.45, 2.75) is 108 Å². The molecule has 2 aromatic carbocycles. The van der Waals surface area contributed by atoms with E-state index in [4.69, 9.17) is 28.8 Å². The molecule has 296 valence electrons. The van der Waals surface area contributed by atoms with Gasteiger partial charge in [-0.3, -0.25) is 14.4 Å². The van der Waals surface area contributed by atoms with Gasteiger partial charge in [-0.2, -0.15) is 0 Å². The maximum absolute atomic E-state index is 13.7. The number of hydrogen-bond donors (Lipinski definition) is 4. The summed E-state index contributed by atoms with van der Waals surface area (Å²) in [5, 5.41) is 24.4. The molecule has 1 aliphatic heterocycles. The lowest BCUT2D eigenvalue weighted by Gasteiger charge is -2.31. The maximum Gasteiger partial charge on any atom is 0.338 e. The molecule has 4 atom stereocenters. The SMILES string of the molecule is CC(C)(C)OC(=O)CC[C@@H](CO)NC(=O)c1cccc(CNC(=O)C2=C[C@H]3OC(C4CC4)(C4CC4)O[C@H]3[C@H](OC(=O)c3ccc(C=COCCO)cc3)C2)c1. The minimum Gasteiger partial charge on any atom is -0.499 e. The number of nitrogens with one attached hydrogen (secondary N) is 2. The van der Waals surface area contributed by atoms with Gasteiger partial charge in [0.05, 0.1) is 31.1 Å². The van der Waals surface area contributed by atoms with Gasteiger partial charge in [0.25, 0.3) is 5.91 Å². The van der Waals surface area contributed by atoms with Gasteiger partial charge >= 0.3 is 11.9 Å². The molecule has 2 aromatic rings. The molecule has 0 spiro atoms. The first-order valence-electron chi connectivity index (χ1n) is 19.1. The van der Waals surface area contributed by atoms with Crippen LogP contribution in [0.5, 0.6) is 0 Å². The zero-order valence-corrected chi connectivity index (χ0v) is 31.7. The largest absolute Gasteiger partial charge is 0.499 e. The van der Waals surface area contributed by atoms with Gasteiger partial charge in [0.15, 0.2) is 5.79 Å². The standard InChI is InChI=1S/C42H52N2O11/c1-41(2,3)54-36(47)16-15-33(25-46)44-39(49)29-6-4-5-27(21-29)24-43-38(48)30-22-34(37-35(23-30)53-42(55-37,31-11-12-31)32-13-14-32)52-40(50)28-9-7-26(8-10-28)17-19-51-20-18-45/h4-10,17,19,21,23,31-35,37,45-46H,11-16,18,20,22,24-25H2,1-3H3,(H,43,48)(H,44,49)/t33-,34+,35+,37-/m0/s1. The monoisotopic (exact) mass is 760 g/mol. The summed E-state index contributed by atoms with van der Waals surface area (Å²) in [4.78, 5) is 52.4. The average Bonchev–Trinajstić information content (AvgIpc) is 4.11. The van der Waals surface area contributed by atoms with Crippen molar-refractivity contribution >= 4 is 29.8 Å². The second-order valence-electron chi connectivity index (χ2n) is 15.7. The van der Waals surface area contributed by atoms with Gasteiger partial charge in [0.1, 0.15) is 30.5 Å². The van der Waals surface area contributed by atoms with E-state index < -0.39 is 53.6 Å². The minimum atomic E-state index is -0.768. The van der Waals surface area contributed by atoms with Crippen LogP contribution in [-0.2, 0) is 39.8 Å². The third-order valence-corrected chi connectivity index (χ3v) is 9.99. The Morgan fingerprint density at radius 2 is 1.69 bits per heavy atom. The lowest BCUT2D eigenvalue weighted by atomic mass is 9.91. The molecule has 6 rings (SSSR count). The number of fused-ring (bicyclic) bond motifs is 1. The van der Waals surface area contributed by atoms with Gasteiger partial charge in [-0.15, -0.1) is 0 Å². The molecular weight excluding hydrogens is 708 g/mol. The topological polar surface area (TPSA) is 179 Å². The van der Waals surface area contributed by atoms with Crippen molar-refractivity contribution in [3.8, 4) is 0 Å². The highest BCUT2D eigenvalue weighted by Gasteiger charge is 2.64. The summed E-state index contributed by atoms with van der Waals surface area (Å²) in [6, 6.07) is 13.0. The molecular formula is C42H52N2O11. The minimum absolute atomic E-state index is 0.0417. The van der Waals surface area contributed by atoms with E-state index in [1.807, 2.05) is 0 Å². The molecule has 55 heavy (non-hydrogen) atoms. The second-order valence-corrected chi connectivity index (χ2v) is 15.7. The lowest BCUT2D eigenvalue weighted by Crippen LogP contribution is -2.44. The van der Waals surface area contributed by atoms with E-state index in [9.17, 15) is 24.3 Å². The van der Waals surface area contributed by atoms with Gasteiger partial charge in [0, 0.05) is 42.4 Å². The van der Waals surface area contributed by atoms with E-state index >= 15 is 0 Å². The maximum atomic E-state index is 13.7. The number of hydrogen-bond acceptors (Lipinski definition) is 11. The Labute approximate surface area is 321 Å². The first-order valence-corrected chi connectivity index (χ1v) is 19.1. The van der Waals surface area contributed by atoms with Crippen molar-refractivity contribution in [3.63, 3.8) is 0 Å². The van der Waals surface area contributed by atoms with Crippen LogP contribution in [0.25, 0.3) is 6.08 Å². The van der Waals surface area contributed by atoms with E-state index in [1.165, 1.54) is 6.26 Å². The molecule has 0 radical (unpaired) electrons. The average molecular weight is 761 g/mol. The first kappa shape index (κ1) is 40.1. The Morgan fingerprint density at radius 1 is 0.964 bits per heavy atom. The summed E-state index contributed by atoms with van der Waals surface area (Å²) in [5.41, 5.74) is 1.94. The number of carbonyl (C=O) groups excluding carboxylic acids is 4. The number of aliphatic hydroxyl groups excluding tert-OH is 2. The number of carbonyl (C=O) groups is 4. The fourth-order valence-electron chi connectivity index (χ4n) is 7.03. The molecule has 2 saturated carbocycles. The van der Waals surface area contributed by atoms with Crippen molar-refractivity contribution in [1.82, 2.24) is 10.6 Å². The molecule has 0 unspecified atom stereocenters. The Bertz CT molecular complexity index is 1740. The van der Waals surface area contributed by atoms with Gasteiger partial charge in [-0.05, 0) is 100 Å².